The summed E-state index contributed by atoms with van der Waals surface area (Å²) in [6.45, 7) is 3.55. The van der Waals surface area contributed by atoms with Crippen molar-refractivity contribution < 1.29 is 28.1 Å². The third kappa shape index (κ3) is 6.94. The van der Waals surface area contributed by atoms with E-state index in [0.717, 1.165) is 23.1 Å². The van der Waals surface area contributed by atoms with Crippen molar-refractivity contribution in [1.82, 2.24) is 0 Å². The molecule has 2 heterocycles. The van der Waals surface area contributed by atoms with Crippen LogP contribution in [0, 0.1) is 5.82 Å². The van der Waals surface area contributed by atoms with Gasteiger partial charge in [0.1, 0.15) is 5.82 Å². The summed E-state index contributed by atoms with van der Waals surface area (Å²) >= 11 is 0. The summed E-state index contributed by atoms with van der Waals surface area (Å²) in [5.41, 5.74) is 5.64. The van der Waals surface area contributed by atoms with Crippen molar-refractivity contribution in [2.24, 2.45) is 0 Å². The summed E-state index contributed by atoms with van der Waals surface area (Å²) in [6.07, 6.45) is 1.59. The molecule has 0 unspecified atom stereocenters. The van der Waals surface area contributed by atoms with Gasteiger partial charge in [-0.25, -0.2) is 4.39 Å². The monoisotopic (exact) mass is 580 g/mol. The van der Waals surface area contributed by atoms with Gasteiger partial charge in [-0.05, 0) is 46.4 Å². The molecule has 0 N–H and O–H groups in total. The molecule has 0 bridgehead atoms. The Morgan fingerprint density at radius 2 is 1.56 bits per heavy atom. The molecule has 1 spiro atoms. The normalized spacial score (nSPS) is 21.2. The Labute approximate surface area is 252 Å². The number of hydrogen-bond acceptors (Lipinski definition) is 5. The summed E-state index contributed by atoms with van der Waals surface area (Å²) in [5.74, 6) is -1.96. The molecule has 0 aromatic heterocycles. The molecule has 2 aliphatic heterocycles. The minimum Gasteiger partial charge on any atom is -0.374 e. The fraction of sp³-hybridized carbons (Fsp3) is 0.324. The number of Topliss-reactive ketones (excluding diaryl/α,β-unsaturated/α-hetero) is 1. The van der Waals surface area contributed by atoms with E-state index in [-0.39, 0.29) is 36.6 Å². The van der Waals surface area contributed by atoms with Gasteiger partial charge in [-0.15, -0.1) is 0 Å². The van der Waals surface area contributed by atoms with Crippen LogP contribution in [0.25, 0.3) is 0 Å². The molecule has 6 rings (SSSR count). The van der Waals surface area contributed by atoms with E-state index in [2.05, 4.69) is 6.92 Å². The Morgan fingerprint density at radius 1 is 0.884 bits per heavy atom. The Balaban J connectivity index is 1.23. The van der Waals surface area contributed by atoms with Gasteiger partial charge in [0.05, 0.1) is 44.2 Å². The van der Waals surface area contributed by atoms with Crippen LogP contribution in [0.4, 0.5) is 4.39 Å². The second kappa shape index (κ2) is 13.3. The lowest BCUT2D eigenvalue weighted by molar-refractivity contribution is -0.309. The number of carbonyl (C=O) groups is 1. The van der Waals surface area contributed by atoms with Crippen LogP contribution in [0.1, 0.15) is 63.5 Å². The predicted molar refractivity (Wildman–Crippen MR) is 162 cm³/mol. The number of aryl methyl sites for hydroxylation is 1. The number of benzene rings is 4. The first-order valence-corrected chi connectivity index (χ1v) is 15.0. The molecule has 0 aliphatic carbocycles. The van der Waals surface area contributed by atoms with Gasteiger partial charge in [0.25, 0.3) is 0 Å². The van der Waals surface area contributed by atoms with Crippen molar-refractivity contribution in [3.05, 3.63) is 142 Å². The maximum atomic E-state index is 15.3. The molecule has 222 valence electrons. The highest BCUT2D eigenvalue weighted by Gasteiger charge is 2.49. The van der Waals surface area contributed by atoms with Gasteiger partial charge in [0.15, 0.2) is 11.6 Å². The molecule has 3 atom stereocenters. The summed E-state index contributed by atoms with van der Waals surface area (Å²) in [5, 5.41) is 0. The van der Waals surface area contributed by atoms with Crippen LogP contribution in [0.3, 0.4) is 0 Å². The van der Waals surface area contributed by atoms with Crippen molar-refractivity contribution >= 4 is 5.78 Å². The van der Waals surface area contributed by atoms with Crippen LogP contribution < -0.4 is 0 Å². The Kier molecular flexibility index (Phi) is 9.10. The molecule has 0 saturated carbocycles. The van der Waals surface area contributed by atoms with Crippen LogP contribution in [0.2, 0.25) is 0 Å². The number of fused-ring (bicyclic) bond motifs is 2. The molecule has 0 radical (unpaired) electrons. The van der Waals surface area contributed by atoms with Gasteiger partial charge in [0, 0.05) is 24.8 Å². The number of ketones is 1. The van der Waals surface area contributed by atoms with E-state index in [1.807, 2.05) is 84.9 Å². The molecular weight excluding hydrogens is 543 g/mol. The van der Waals surface area contributed by atoms with Crippen LogP contribution in [0.5, 0.6) is 0 Å². The van der Waals surface area contributed by atoms with Gasteiger partial charge in [-0.3, -0.25) is 4.79 Å². The van der Waals surface area contributed by atoms with Crippen LogP contribution in [0.15, 0.2) is 97.1 Å². The van der Waals surface area contributed by atoms with E-state index in [9.17, 15) is 4.79 Å². The van der Waals surface area contributed by atoms with Crippen molar-refractivity contribution in [3.8, 4) is 0 Å². The zero-order valence-corrected chi connectivity index (χ0v) is 24.5. The first kappa shape index (κ1) is 29.4. The summed E-state index contributed by atoms with van der Waals surface area (Å²) in [6, 6.07) is 31.0. The van der Waals surface area contributed by atoms with Gasteiger partial charge < -0.3 is 18.9 Å². The Hall–Kier alpha value is -3.68. The highest BCUT2D eigenvalue weighted by atomic mass is 19.1. The van der Waals surface area contributed by atoms with E-state index in [1.54, 1.807) is 6.07 Å². The molecule has 2 aliphatic rings. The molecule has 4 aromatic carbocycles. The Bertz CT molecular complexity index is 1520. The number of ether oxygens (including phenoxy) is 4. The average Bonchev–Trinajstić information content (AvgIpc) is 3.36. The lowest BCUT2D eigenvalue weighted by Crippen LogP contribution is -2.46. The molecule has 6 heteroatoms. The van der Waals surface area contributed by atoms with Crippen LogP contribution in [-0.4, -0.2) is 24.6 Å². The summed E-state index contributed by atoms with van der Waals surface area (Å²) in [4.78, 5) is 13.4. The largest absolute Gasteiger partial charge is 0.374 e. The first-order chi connectivity index (χ1) is 21.0. The maximum absolute atomic E-state index is 15.3. The summed E-state index contributed by atoms with van der Waals surface area (Å²) in [7, 11) is 0. The topological polar surface area (TPSA) is 54.0 Å². The summed E-state index contributed by atoms with van der Waals surface area (Å²) < 4.78 is 40.7. The minimum absolute atomic E-state index is 0.0519. The average molecular weight is 581 g/mol. The van der Waals surface area contributed by atoms with Gasteiger partial charge in [-0.2, -0.15) is 0 Å². The zero-order valence-electron chi connectivity index (χ0n) is 24.5. The molecule has 1 fully saturated rings. The number of hydrogen-bond donors (Lipinski definition) is 0. The molecular formula is C37H37FO5. The fourth-order valence-electron chi connectivity index (χ4n) is 5.96. The van der Waals surface area contributed by atoms with E-state index in [4.69, 9.17) is 18.9 Å². The predicted octanol–water partition coefficient (Wildman–Crippen LogP) is 7.48. The second-order valence-electron chi connectivity index (χ2n) is 11.4. The third-order valence-electron chi connectivity index (χ3n) is 8.28. The van der Waals surface area contributed by atoms with Crippen molar-refractivity contribution in [3.63, 3.8) is 0 Å². The smallest absolute Gasteiger partial charge is 0.198 e. The first-order valence-electron chi connectivity index (χ1n) is 15.0. The third-order valence-corrected chi connectivity index (χ3v) is 8.28. The zero-order chi connectivity index (χ0) is 29.6. The van der Waals surface area contributed by atoms with E-state index in [1.165, 1.54) is 11.6 Å². The fourth-order valence-corrected chi connectivity index (χ4v) is 5.96. The lowest BCUT2D eigenvalue weighted by Gasteiger charge is -2.42. The highest BCUT2D eigenvalue weighted by Crippen LogP contribution is 2.47. The van der Waals surface area contributed by atoms with E-state index < -0.39 is 11.6 Å². The van der Waals surface area contributed by atoms with Crippen molar-refractivity contribution in [2.75, 3.05) is 6.61 Å². The number of carbonyl (C=O) groups excluding carboxylic acids is 1. The van der Waals surface area contributed by atoms with Crippen LogP contribution >= 0.6 is 0 Å². The van der Waals surface area contributed by atoms with Crippen molar-refractivity contribution in [1.29, 1.82) is 0 Å². The molecule has 43 heavy (non-hydrogen) atoms. The maximum Gasteiger partial charge on any atom is 0.198 e. The molecule has 5 nitrogen and oxygen atoms in total. The van der Waals surface area contributed by atoms with E-state index >= 15 is 4.39 Å². The lowest BCUT2D eigenvalue weighted by atomic mass is 9.89. The second-order valence-corrected chi connectivity index (χ2v) is 11.4. The Morgan fingerprint density at radius 3 is 2.26 bits per heavy atom. The van der Waals surface area contributed by atoms with Gasteiger partial charge >= 0.3 is 0 Å². The van der Waals surface area contributed by atoms with Gasteiger partial charge in [0.2, 0.25) is 0 Å². The number of halogens is 1. The molecule has 0 amide bonds. The van der Waals surface area contributed by atoms with Crippen LogP contribution in [-0.2, 0) is 57.4 Å². The highest BCUT2D eigenvalue weighted by molar-refractivity contribution is 5.98. The molecule has 1 saturated heterocycles. The minimum atomic E-state index is -1.15. The van der Waals surface area contributed by atoms with Gasteiger partial charge in [-0.1, -0.05) is 91.9 Å². The van der Waals surface area contributed by atoms with E-state index in [0.29, 0.717) is 43.8 Å². The SMILES string of the molecule is CCc1ccc(CC(=O)c2cc3c(cc2F)CO[C@@]32C[C@@H](OCc3ccccc3)C[C@@H](COCc3ccccc3)O2)cc1. The standard InChI is InChI=1S/C37H37FO5/c1-2-26-13-15-27(16-14-26)17-36(39)33-20-34-30(18-35(33)38)24-42-37(34)21-31(41-23-29-11-7-4-8-12-29)19-32(43-37)25-40-22-28-9-5-3-6-10-28/h3-16,18,20,31-32H,2,17,19,21-25H2,1H3/t31-,32-,37+/m0/s1. The van der Waals surface area contributed by atoms with Crippen molar-refractivity contribution in [2.45, 2.75) is 70.4 Å². The quantitative estimate of drug-likeness (QED) is 0.172. The number of rotatable bonds is 11. The molecule has 4 aromatic rings.